The van der Waals surface area contributed by atoms with E-state index in [0.717, 1.165) is 12.1 Å². The second-order valence-electron chi connectivity index (χ2n) is 5.64. The van der Waals surface area contributed by atoms with E-state index in [1.54, 1.807) is 0 Å². The Hall–Kier alpha value is -0.930. The molecule has 0 bridgehead atoms. The third kappa shape index (κ3) is 3.34. The maximum Gasteiger partial charge on any atom is 0.123 e. The minimum absolute atomic E-state index is 0.141. The van der Waals surface area contributed by atoms with Crippen LogP contribution in [0.4, 0.5) is 4.39 Å². The second kappa shape index (κ2) is 6.49. The van der Waals surface area contributed by atoms with Crippen molar-refractivity contribution < 1.29 is 4.39 Å². The lowest BCUT2D eigenvalue weighted by atomic mass is 9.83. The molecule has 0 amide bonds. The van der Waals surface area contributed by atoms with Gasteiger partial charge in [-0.15, -0.1) is 0 Å². The molecule has 2 nitrogen and oxygen atoms in total. The van der Waals surface area contributed by atoms with Gasteiger partial charge >= 0.3 is 0 Å². The largest absolute Gasteiger partial charge is 0.298 e. The van der Waals surface area contributed by atoms with Gasteiger partial charge < -0.3 is 0 Å². The smallest absolute Gasteiger partial charge is 0.123 e. The fraction of sp³-hybridized carbons (Fsp3) is 0.625. The van der Waals surface area contributed by atoms with Crippen LogP contribution in [-0.4, -0.2) is 12.6 Å². The standard InChI is InChI=1S/C16H25FN2/c1-4-12(5-2)15-11(3)10-18-16(19-15)13-6-8-14(17)9-7-13/h6-9,11-12,15-16,18-19H,4-5,10H2,1-3H3. The number of hydrogen-bond donors (Lipinski definition) is 2. The summed E-state index contributed by atoms with van der Waals surface area (Å²) < 4.78 is 13.0. The molecule has 2 N–H and O–H groups in total. The average Bonchev–Trinajstić information content (AvgIpc) is 2.43. The second-order valence-corrected chi connectivity index (χ2v) is 5.64. The third-order valence-electron chi connectivity index (χ3n) is 4.38. The van der Waals surface area contributed by atoms with Gasteiger partial charge in [-0.1, -0.05) is 45.7 Å². The fourth-order valence-corrected chi connectivity index (χ4v) is 3.11. The zero-order chi connectivity index (χ0) is 13.8. The van der Waals surface area contributed by atoms with Crippen molar-refractivity contribution in [3.63, 3.8) is 0 Å². The van der Waals surface area contributed by atoms with Crippen molar-refractivity contribution in [3.8, 4) is 0 Å². The quantitative estimate of drug-likeness (QED) is 0.870. The van der Waals surface area contributed by atoms with E-state index in [1.165, 1.54) is 25.0 Å². The Kier molecular flexibility index (Phi) is 4.94. The van der Waals surface area contributed by atoms with Crippen LogP contribution in [0.2, 0.25) is 0 Å². The number of benzene rings is 1. The first kappa shape index (κ1) is 14.5. The molecule has 1 heterocycles. The van der Waals surface area contributed by atoms with Gasteiger partial charge in [0.25, 0.3) is 0 Å². The summed E-state index contributed by atoms with van der Waals surface area (Å²) in [6.45, 7) is 7.83. The van der Waals surface area contributed by atoms with Crippen molar-refractivity contribution in [2.75, 3.05) is 6.54 Å². The van der Waals surface area contributed by atoms with E-state index in [0.29, 0.717) is 17.9 Å². The SMILES string of the molecule is CCC(CC)C1NC(c2ccc(F)cc2)NCC1C. The van der Waals surface area contributed by atoms with E-state index < -0.39 is 0 Å². The van der Waals surface area contributed by atoms with E-state index in [1.807, 2.05) is 12.1 Å². The molecule has 106 valence electrons. The Morgan fingerprint density at radius 2 is 1.84 bits per heavy atom. The molecule has 0 aliphatic carbocycles. The van der Waals surface area contributed by atoms with E-state index in [4.69, 9.17) is 0 Å². The Morgan fingerprint density at radius 1 is 1.21 bits per heavy atom. The normalized spacial score (nSPS) is 27.7. The predicted molar refractivity (Wildman–Crippen MR) is 77.3 cm³/mol. The summed E-state index contributed by atoms with van der Waals surface area (Å²) in [6, 6.07) is 7.32. The van der Waals surface area contributed by atoms with Crippen LogP contribution in [0.5, 0.6) is 0 Å². The highest BCUT2D eigenvalue weighted by molar-refractivity contribution is 5.20. The lowest BCUT2D eigenvalue weighted by Gasteiger charge is -2.41. The van der Waals surface area contributed by atoms with Crippen molar-refractivity contribution in [1.29, 1.82) is 0 Å². The molecule has 3 atom stereocenters. The Morgan fingerprint density at radius 3 is 2.42 bits per heavy atom. The van der Waals surface area contributed by atoms with Gasteiger partial charge in [-0.05, 0) is 29.5 Å². The molecule has 0 radical (unpaired) electrons. The van der Waals surface area contributed by atoms with E-state index in [-0.39, 0.29) is 12.0 Å². The van der Waals surface area contributed by atoms with Crippen molar-refractivity contribution in [2.24, 2.45) is 11.8 Å². The monoisotopic (exact) mass is 264 g/mol. The summed E-state index contributed by atoms with van der Waals surface area (Å²) >= 11 is 0. The fourth-order valence-electron chi connectivity index (χ4n) is 3.11. The molecule has 19 heavy (non-hydrogen) atoms. The van der Waals surface area contributed by atoms with Crippen LogP contribution in [0.25, 0.3) is 0 Å². The zero-order valence-electron chi connectivity index (χ0n) is 12.1. The van der Waals surface area contributed by atoms with Gasteiger partial charge in [-0.2, -0.15) is 0 Å². The number of nitrogens with one attached hydrogen (secondary N) is 2. The van der Waals surface area contributed by atoms with Crippen LogP contribution >= 0.6 is 0 Å². The lowest BCUT2D eigenvalue weighted by molar-refractivity contribution is 0.170. The van der Waals surface area contributed by atoms with E-state index in [9.17, 15) is 4.39 Å². The molecular formula is C16H25FN2. The van der Waals surface area contributed by atoms with Gasteiger partial charge in [0.05, 0.1) is 6.17 Å². The molecular weight excluding hydrogens is 239 g/mol. The molecule has 1 saturated heterocycles. The van der Waals surface area contributed by atoms with Crippen LogP contribution in [0.15, 0.2) is 24.3 Å². The highest BCUT2D eigenvalue weighted by Gasteiger charge is 2.31. The summed E-state index contributed by atoms with van der Waals surface area (Å²) in [5.74, 6) is 1.16. The van der Waals surface area contributed by atoms with E-state index >= 15 is 0 Å². The van der Waals surface area contributed by atoms with Gasteiger partial charge in [0.15, 0.2) is 0 Å². The van der Waals surface area contributed by atoms with Crippen LogP contribution in [0.1, 0.15) is 45.3 Å². The average molecular weight is 264 g/mol. The molecule has 0 spiro atoms. The molecule has 1 fully saturated rings. The summed E-state index contributed by atoms with van der Waals surface area (Å²) in [7, 11) is 0. The van der Waals surface area contributed by atoms with Crippen LogP contribution in [0.3, 0.4) is 0 Å². The van der Waals surface area contributed by atoms with Crippen LogP contribution in [0, 0.1) is 17.7 Å². The number of rotatable bonds is 4. The minimum atomic E-state index is -0.176. The molecule has 1 aromatic rings. The zero-order valence-corrected chi connectivity index (χ0v) is 12.1. The Labute approximate surface area is 115 Å². The van der Waals surface area contributed by atoms with Crippen LogP contribution in [-0.2, 0) is 0 Å². The third-order valence-corrected chi connectivity index (χ3v) is 4.38. The molecule has 3 unspecified atom stereocenters. The first-order valence-corrected chi connectivity index (χ1v) is 7.40. The minimum Gasteiger partial charge on any atom is -0.298 e. The molecule has 1 aromatic carbocycles. The van der Waals surface area contributed by atoms with Crippen molar-refractivity contribution in [3.05, 3.63) is 35.6 Å². The first-order chi connectivity index (χ1) is 9.15. The predicted octanol–water partition coefficient (Wildman–Crippen LogP) is 3.46. The molecule has 2 rings (SSSR count). The maximum absolute atomic E-state index is 13.0. The topological polar surface area (TPSA) is 24.1 Å². The van der Waals surface area contributed by atoms with E-state index in [2.05, 4.69) is 31.4 Å². The highest BCUT2D eigenvalue weighted by atomic mass is 19.1. The summed E-state index contributed by atoms with van der Waals surface area (Å²) in [6.07, 6.45) is 2.55. The molecule has 0 saturated carbocycles. The van der Waals surface area contributed by atoms with Crippen molar-refractivity contribution in [2.45, 2.75) is 45.8 Å². The molecule has 3 heteroatoms. The van der Waals surface area contributed by atoms with Crippen LogP contribution < -0.4 is 10.6 Å². The molecule has 1 aliphatic rings. The van der Waals surface area contributed by atoms with Crippen molar-refractivity contribution >= 4 is 0 Å². The van der Waals surface area contributed by atoms with Gasteiger partial charge in [0.2, 0.25) is 0 Å². The summed E-state index contributed by atoms with van der Waals surface area (Å²) in [5, 5.41) is 7.21. The number of halogens is 1. The summed E-state index contributed by atoms with van der Waals surface area (Å²) in [4.78, 5) is 0. The summed E-state index contributed by atoms with van der Waals surface area (Å²) in [5.41, 5.74) is 1.12. The van der Waals surface area contributed by atoms with Gasteiger partial charge in [0.1, 0.15) is 5.82 Å². The Balaban J connectivity index is 2.10. The van der Waals surface area contributed by atoms with Gasteiger partial charge in [-0.3, -0.25) is 10.6 Å². The van der Waals surface area contributed by atoms with Gasteiger partial charge in [0, 0.05) is 12.6 Å². The highest BCUT2D eigenvalue weighted by Crippen LogP contribution is 2.26. The molecule has 1 aliphatic heterocycles. The van der Waals surface area contributed by atoms with Gasteiger partial charge in [-0.25, -0.2) is 4.39 Å². The first-order valence-electron chi connectivity index (χ1n) is 7.40. The van der Waals surface area contributed by atoms with Crippen molar-refractivity contribution in [1.82, 2.24) is 10.6 Å². The lowest BCUT2D eigenvalue weighted by Crippen LogP contribution is -2.55. The number of hydrogen-bond acceptors (Lipinski definition) is 2. The maximum atomic E-state index is 13.0. The molecule has 0 aromatic heterocycles. The Bertz CT molecular complexity index is 386.